The summed E-state index contributed by atoms with van der Waals surface area (Å²) in [5, 5.41) is 2.92. The van der Waals surface area contributed by atoms with Gasteiger partial charge in [0.15, 0.2) is 0 Å². The van der Waals surface area contributed by atoms with Crippen molar-refractivity contribution in [2.45, 2.75) is 18.4 Å². The minimum Gasteiger partial charge on any atom is -0.280 e. The Bertz CT molecular complexity index is 1470. The molecule has 170 valence electrons. The van der Waals surface area contributed by atoms with Crippen LogP contribution in [0.3, 0.4) is 0 Å². The first-order chi connectivity index (χ1) is 16.3. The van der Waals surface area contributed by atoms with Gasteiger partial charge in [0.1, 0.15) is 0 Å². The number of carbonyl (C=O) groups is 2. The van der Waals surface area contributed by atoms with Crippen LogP contribution in [0.2, 0.25) is 0 Å². The summed E-state index contributed by atoms with van der Waals surface area (Å²) in [5.74, 6) is -0.703. The number of aromatic nitrogens is 1. The van der Waals surface area contributed by atoms with Crippen molar-refractivity contribution in [2.75, 3.05) is 4.72 Å². The molecule has 34 heavy (non-hydrogen) atoms. The molecule has 1 aromatic heterocycles. The summed E-state index contributed by atoms with van der Waals surface area (Å²) in [6, 6.07) is 19.8. The van der Waals surface area contributed by atoms with E-state index in [0.717, 1.165) is 21.2 Å². The van der Waals surface area contributed by atoms with Crippen LogP contribution in [0.1, 0.15) is 31.3 Å². The first kappa shape index (κ1) is 22.0. The lowest BCUT2D eigenvalue weighted by Gasteiger charge is -2.14. The Morgan fingerprint density at radius 3 is 2.06 bits per heavy atom. The number of anilines is 1. The molecule has 1 aliphatic heterocycles. The number of hydrogen-bond acceptors (Lipinski definition) is 6. The van der Waals surface area contributed by atoms with Gasteiger partial charge in [-0.1, -0.05) is 36.4 Å². The van der Waals surface area contributed by atoms with Crippen molar-refractivity contribution in [3.63, 3.8) is 0 Å². The lowest BCUT2D eigenvalue weighted by Crippen LogP contribution is -2.29. The van der Waals surface area contributed by atoms with Crippen LogP contribution in [0.4, 0.5) is 5.69 Å². The molecule has 5 rings (SSSR count). The van der Waals surface area contributed by atoms with E-state index in [1.165, 1.54) is 12.1 Å². The molecule has 1 N–H and O–H groups in total. The fraction of sp³-hybridized carbons (Fsp3) is 0.0800. The van der Waals surface area contributed by atoms with Gasteiger partial charge in [-0.2, -0.15) is 0 Å². The first-order valence-electron chi connectivity index (χ1n) is 10.4. The zero-order chi connectivity index (χ0) is 23.9. The van der Waals surface area contributed by atoms with E-state index in [9.17, 15) is 18.0 Å². The van der Waals surface area contributed by atoms with Gasteiger partial charge in [-0.15, -0.1) is 11.3 Å². The molecule has 0 aliphatic carbocycles. The van der Waals surface area contributed by atoms with Crippen molar-refractivity contribution in [3.8, 4) is 11.3 Å². The average molecular weight is 490 g/mol. The summed E-state index contributed by atoms with van der Waals surface area (Å²) in [5.41, 5.74) is 3.61. The molecule has 9 heteroatoms. The number of nitrogens with one attached hydrogen (secondary N) is 1. The number of nitrogens with zero attached hydrogens (tertiary/aromatic N) is 2. The van der Waals surface area contributed by atoms with Gasteiger partial charge in [-0.25, -0.2) is 13.4 Å². The molecule has 0 atom stereocenters. The molecule has 3 aromatic carbocycles. The fourth-order valence-corrected chi connectivity index (χ4v) is 5.44. The molecule has 2 amide bonds. The topological polar surface area (TPSA) is 96.4 Å². The summed E-state index contributed by atoms with van der Waals surface area (Å²) >= 11 is 1.56. The summed E-state index contributed by atoms with van der Waals surface area (Å²) in [6.45, 7) is 2.00. The number of sulfonamides is 1. The van der Waals surface area contributed by atoms with Crippen LogP contribution in [0.5, 0.6) is 0 Å². The number of carbonyl (C=O) groups excluding carboxylic acids is 2. The zero-order valence-corrected chi connectivity index (χ0v) is 19.7. The molecule has 1 aliphatic rings. The second-order valence-electron chi connectivity index (χ2n) is 7.82. The number of benzene rings is 3. The number of amides is 2. The van der Waals surface area contributed by atoms with E-state index >= 15 is 0 Å². The number of fused-ring (bicyclic) bond motifs is 1. The van der Waals surface area contributed by atoms with Crippen molar-refractivity contribution >= 4 is 38.9 Å². The molecule has 0 unspecified atom stereocenters. The lowest BCUT2D eigenvalue weighted by atomic mass is 10.1. The van der Waals surface area contributed by atoms with Crippen LogP contribution >= 0.6 is 11.3 Å². The highest BCUT2D eigenvalue weighted by molar-refractivity contribution is 7.92. The zero-order valence-electron chi connectivity index (χ0n) is 18.1. The number of imide groups is 1. The van der Waals surface area contributed by atoms with Crippen LogP contribution < -0.4 is 4.72 Å². The first-order valence-corrected chi connectivity index (χ1v) is 12.8. The van der Waals surface area contributed by atoms with Crippen molar-refractivity contribution < 1.29 is 18.0 Å². The number of thiazole rings is 1. The third-order valence-electron chi connectivity index (χ3n) is 5.50. The van der Waals surface area contributed by atoms with Crippen molar-refractivity contribution in [2.24, 2.45) is 0 Å². The third kappa shape index (κ3) is 4.11. The van der Waals surface area contributed by atoms with E-state index in [0.29, 0.717) is 22.4 Å². The summed E-state index contributed by atoms with van der Waals surface area (Å²) in [6.07, 6.45) is 0. The SMILES string of the molecule is Cc1nc(-c2ccc(NS(=O)(=O)c3ccc(CN4C(=O)c5ccccc5C4=O)cc3)cc2)cs1. The van der Waals surface area contributed by atoms with Crippen molar-refractivity contribution in [1.82, 2.24) is 9.88 Å². The molecule has 0 spiro atoms. The van der Waals surface area contributed by atoms with E-state index < -0.39 is 10.0 Å². The van der Waals surface area contributed by atoms with Crippen LogP contribution in [0, 0.1) is 6.92 Å². The molecular weight excluding hydrogens is 470 g/mol. The Hall–Kier alpha value is -3.82. The van der Waals surface area contributed by atoms with E-state index in [2.05, 4.69) is 9.71 Å². The molecule has 0 fully saturated rings. The highest BCUT2D eigenvalue weighted by atomic mass is 32.2. The normalized spacial score (nSPS) is 13.3. The van der Waals surface area contributed by atoms with Gasteiger partial charge in [0.05, 0.1) is 33.3 Å². The quantitative estimate of drug-likeness (QED) is 0.396. The van der Waals surface area contributed by atoms with Crippen LogP contribution in [0.25, 0.3) is 11.3 Å². The van der Waals surface area contributed by atoms with Crippen LogP contribution in [-0.4, -0.2) is 30.1 Å². The van der Waals surface area contributed by atoms with Gasteiger partial charge in [0.25, 0.3) is 21.8 Å². The maximum atomic E-state index is 12.8. The molecule has 0 bridgehead atoms. The molecule has 2 heterocycles. The Morgan fingerprint density at radius 1 is 0.882 bits per heavy atom. The van der Waals surface area contributed by atoms with Gasteiger partial charge in [0, 0.05) is 16.6 Å². The maximum Gasteiger partial charge on any atom is 0.261 e. The smallest absolute Gasteiger partial charge is 0.261 e. The monoisotopic (exact) mass is 489 g/mol. The van der Waals surface area contributed by atoms with Crippen LogP contribution in [-0.2, 0) is 16.6 Å². The predicted molar refractivity (Wildman–Crippen MR) is 130 cm³/mol. The predicted octanol–water partition coefficient (Wildman–Crippen LogP) is 4.72. The highest BCUT2D eigenvalue weighted by Gasteiger charge is 2.34. The van der Waals surface area contributed by atoms with Gasteiger partial charge >= 0.3 is 0 Å². The largest absolute Gasteiger partial charge is 0.280 e. The lowest BCUT2D eigenvalue weighted by molar-refractivity contribution is 0.0642. The minimum absolute atomic E-state index is 0.0671. The fourth-order valence-electron chi connectivity index (χ4n) is 3.76. The van der Waals surface area contributed by atoms with Gasteiger partial charge in [-0.05, 0) is 48.9 Å². The Balaban J connectivity index is 1.28. The molecule has 0 saturated heterocycles. The summed E-state index contributed by atoms with van der Waals surface area (Å²) < 4.78 is 28.2. The Kier molecular flexibility index (Phi) is 5.51. The number of rotatable bonds is 6. The summed E-state index contributed by atoms with van der Waals surface area (Å²) in [4.78, 5) is 30.8. The van der Waals surface area contributed by atoms with E-state index in [1.54, 1.807) is 59.9 Å². The van der Waals surface area contributed by atoms with Crippen LogP contribution in [0.15, 0.2) is 83.1 Å². The van der Waals surface area contributed by atoms with E-state index in [4.69, 9.17) is 0 Å². The Labute approximate surface area is 200 Å². The molecule has 0 radical (unpaired) electrons. The minimum atomic E-state index is -3.81. The van der Waals surface area contributed by atoms with Gasteiger partial charge in [-0.3, -0.25) is 19.2 Å². The van der Waals surface area contributed by atoms with Crippen molar-refractivity contribution in [1.29, 1.82) is 0 Å². The van der Waals surface area contributed by atoms with Crippen molar-refractivity contribution in [3.05, 3.63) is 99.9 Å². The number of aryl methyl sites for hydroxylation is 1. The van der Waals surface area contributed by atoms with Gasteiger partial charge < -0.3 is 0 Å². The average Bonchev–Trinajstić information content (AvgIpc) is 3.37. The molecular formula is C25H19N3O4S2. The number of hydrogen-bond donors (Lipinski definition) is 1. The van der Waals surface area contributed by atoms with Gasteiger partial charge in [0.2, 0.25) is 0 Å². The second-order valence-corrected chi connectivity index (χ2v) is 10.6. The maximum absolute atomic E-state index is 12.8. The third-order valence-corrected chi connectivity index (χ3v) is 7.68. The highest BCUT2D eigenvalue weighted by Crippen LogP contribution is 2.26. The standard InChI is InChI=1S/C25H19N3O4S2/c1-16-26-23(15-33-16)18-8-10-19(11-9-18)27-34(31,32)20-12-6-17(7-13-20)14-28-24(29)21-4-2-3-5-22(21)25(28)30/h2-13,15,27H,14H2,1H3. The summed E-state index contributed by atoms with van der Waals surface area (Å²) in [7, 11) is -3.81. The second kappa shape index (κ2) is 8.51. The molecule has 0 saturated carbocycles. The Morgan fingerprint density at radius 2 is 1.50 bits per heavy atom. The van der Waals surface area contributed by atoms with E-state index in [-0.39, 0.29) is 23.3 Å². The van der Waals surface area contributed by atoms with E-state index in [1.807, 2.05) is 24.4 Å². The molecule has 4 aromatic rings. The molecule has 7 nitrogen and oxygen atoms in total.